The summed E-state index contributed by atoms with van der Waals surface area (Å²) in [5.41, 5.74) is 0.907. The normalized spacial score (nSPS) is 17.1. The monoisotopic (exact) mass is 304 g/mol. The molecule has 1 saturated carbocycles. The van der Waals surface area contributed by atoms with E-state index in [1.54, 1.807) is 7.11 Å². The van der Waals surface area contributed by atoms with E-state index in [1.807, 2.05) is 12.1 Å². The molecule has 0 unspecified atom stereocenters. The zero-order chi connectivity index (χ0) is 15.8. The van der Waals surface area contributed by atoms with E-state index < -0.39 is 11.4 Å². The summed E-state index contributed by atoms with van der Waals surface area (Å²) in [6.45, 7) is 0. The average Bonchev–Trinajstić information content (AvgIpc) is 2.56. The molecule has 1 aromatic carbocycles. The Morgan fingerprint density at radius 2 is 1.77 bits per heavy atom. The van der Waals surface area contributed by atoms with Crippen LogP contribution in [-0.2, 0) is 11.2 Å². The lowest BCUT2D eigenvalue weighted by atomic mass is 9.71. The Morgan fingerprint density at radius 1 is 1.09 bits per heavy atom. The van der Waals surface area contributed by atoms with Gasteiger partial charge in [0.2, 0.25) is 0 Å². The minimum atomic E-state index is -0.567. The van der Waals surface area contributed by atoms with Crippen LogP contribution >= 0.6 is 0 Å². The number of ether oxygens (including phenoxy) is 1. The molecule has 0 aromatic heterocycles. The predicted octanol–water partition coefficient (Wildman–Crippen LogP) is 4.83. The lowest BCUT2D eigenvalue weighted by Gasteiger charge is -2.33. The lowest BCUT2D eigenvalue weighted by molar-refractivity contribution is -0.151. The van der Waals surface area contributed by atoms with E-state index in [0.29, 0.717) is 0 Å². The van der Waals surface area contributed by atoms with Gasteiger partial charge in [0.25, 0.3) is 0 Å². The van der Waals surface area contributed by atoms with E-state index in [4.69, 9.17) is 4.74 Å². The van der Waals surface area contributed by atoms with Gasteiger partial charge in [-0.3, -0.25) is 4.79 Å². The number of unbranched alkanes of at least 4 members (excludes halogenated alkanes) is 2. The maximum atomic E-state index is 11.6. The van der Waals surface area contributed by atoms with Crippen LogP contribution in [0.3, 0.4) is 0 Å². The third kappa shape index (κ3) is 4.49. The molecule has 0 radical (unpaired) electrons. The van der Waals surface area contributed by atoms with Crippen molar-refractivity contribution in [3.63, 3.8) is 0 Å². The molecule has 0 atom stereocenters. The first kappa shape index (κ1) is 16.9. The first-order valence-electron chi connectivity index (χ1n) is 8.53. The lowest BCUT2D eigenvalue weighted by Crippen LogP contribution is -2.33. The summed E-state index contributed by atoms with van der Waals surface area (Å²) < 4.78 is 5.16. The summed E-state index contributed by atoms with van der Waals surface area (Å²) in [6.07, 6.45) is 10.3. The zero-order valence-electron chi connectivity index (χ0n) is 13.6. The molecule has 2 rings (SSSR count). The average molecular weight is 304 g/mol. The number of aliphatic carboxylic acids is 1. The maximum absolute atomic E-state index is 11.6. The van der Waals surface area contributed by atoms with E-state index in [2.05, 4.69) is 12.1 Å². The second kappa shape index (κ2) is 8.21. The SMILES string of the molecule is COc1ccc(CCCCCC2(C(=O)O)CCCCC2)cc1. The number of aryl methyl sites for hydroxylation is 1. The van der Waals surface area contributed by atoms with Crippen LogP contribution in [0.2, 0.25) is 0 Å². The summed E-state index contributed by atoms with van der Waals surface area (Å²) in [5.74, 6) is 0.326. The van der Waals surface area contributed by atoms with Crippen LogP contribution in [0.4, 0.5) is 0 Å². The summed E-state index contributed by atoms with van der Waals surface area (Å²) in [5, 5.41) is 9.56. The number of methoxy groups -OCH3 is 1. The van der Waals surface area contributed by atoms with Crippen molar-refractivity contribution in [2.24, 2.45) is 5.41 Å². The molecule has 0 heterocycles. The number of carbonyl (C=O) groups is 1. The summed E-state index contributed by atoms with van der Waals surface area (Å²) in [6, 6.07) is 8.21. The van der Waals surface area contributed by atoms with Crippen LogP contribution in [0.25, 0.3) is 0 Å². The van der Waals surface area contributed by atoms with Gasteiger partial charge in [-0.25, -0.2) is 0 Å². The topological polar surface area (TPSA) is 46.5 Å². The molecule has 3 heteroatoms. The largest absolute Gasteiger partial charge is 0.497 e. The Labute approximate surface area is 133 Å². The van der Waals surface area contributed by atoms with Crippen molar-refractivity contribution in [2.45, 2.75) is 64.2 Å². The highest BCUT2D eigenvalue weighted by molar-refractivity contribution is 5.74. The highest BCUT2D eigenvalue weighted by Gasteiger charge is 2.38. The highest BCUT2D eigenvalue weighted by Crippen LogP contribution is 2.40. The van der Waals surface area contributed by atoms with Crippen LogP contribution in [0.15, 0.2) is 24.3 Å². The van der Waals surface area contributed by atoms with Gasteiger partial charge in [0, 0.05) is 0 Å². The summed E-state index contributed by atoms with van der Waals surface area (Å²) in [7, 11) is 1.68. The Kier molecular flexibility index (Phi) is 6.29. The van der Waals surface area contributed by atoms with Crippen LogP contribution in [0.1, 0.15) is 63.4 Å². The van der Waals surface area contributed by atoms with Crippen molar-refractivity contribution in [1.82, 2.24) is 0 Å². The second-order valence-corrected chi connectivity index (χ2v) is 6.55. The van der Waals surface area contributed by atoms with Gasteiger partial charge >= 0.3 is 5.97 Å². The van der Waals surface area contributed by atoms with Crippen molar-refractivity contribution in [3.8, 4) is 5.75 Å². The van der Waals surface area contributed by atoms with E-state index in [9.17, 15) is 9.90 Å². The second-order valence-electron chi connectivity index (χ2n) is 6.55. The Bertz CT molecular complexity index is 458. The molecule has 1 aliphatic rings. The molecule has 0 saturated heterocycles. The van der Waals surface area contributed by atoms with Gasteiger partial charge in [-0.2, -0.15) is 0 Å². The molecule has 0 aliphatic heterocycles. The van der Waals surface area contributed by atoms with E-state index >= 15 is 0 Å². The fourth-order valence-corrected chi connectivity index (χ4v) is 3.56. The van der Waals surface area contributed by atoms with Crippen molar-refractivity contribution in [3.05, 3.63) is 29.8 Å². The number of hydrogen-bond acceptors (Lipinski definition) is 2. The minimum absolute atomic E-state index is 0.418. The summed E-state index contributed by atoms with van der Waals surface area (Å²) in [4.78, 5) is 11.6. The minimum Gasteiger partial charge on any atom is -0.497 e. The predicted molar refractivity (Wildman–Crippen MR) is 88.3 cm³/mol. The van der Waals surface area contributed by atoms with Gasteiger partial charge in [0.05, 0.1) is 12.5 Å². The van der Waals surface area contributed by atoms with Crippen molar-refractivity contribution in [1.29, 1.82) is 0 Å². The van der Waals surface area contributed by atoms with Gasteiger partial charge in [-0.15, -0.1) is 0 Å². The van der Waals surface area contributed by atoms with E-state index in [1.165, 1.54) is 12.0 Å². The van der Waals surface area contributed by atoms with E-state index in [-0.39, 0.29) is 0 Å². The van der Waals surface area contributed by atoms with Gasteiger partial charge < -0.3 is 9.84 Å². The standard InChI is InChI=1S/C19H28O3/c1-22-17-11-9-16(10-12-17)8-4-2-5-13-19(18(20)21)14-6-3-7-15-19/h9-12H,2-8,13-15H2,1H3,(H,20,21). The molecule has 1 fully saturated rings. The smallest absolute Gasteiger partial charge is 0.309 e. The van der Waals surface area contributed by atoms with Crippen molar-refractivity contribution >= 4 is 5.97 Å². The molecule has 1 N–H and O–H groups in total. The highest BCUT2D eigenvalue weighted by atomic mass is 16.5. The number of benzene rings is 1. The number of rotatable bonds is 8. The third-order valence-electron chi connectivity index (χ3n) is 5.04. The molecule has 3 nitrogen and oxygen atoms in total. The fraction of sp³-hybridized carbons (Fsp3) is 0.632. The van der Waals surface area contributed by atoms with Gasteiger partial charge in [0.1, 0.15) is 5.75 Å². The van der Waals surface area contributed by atoms with Gasteiger partial charge in [0.15, 0.2) is 0 Å². The van der Waals surface area contributed by atoms with Gasteiger partial charge in [-0.05, 0) is 49.8 Å². The van der Waals surface area contributed by atoms with Crippen molar-refractivity contribution < 1.29 is 14.6 Å². The zero-order valence-corrected chi connectivity index (χ0v) is 13.6. The third-order valence-corrected chi connectivity index (χ3v) is 5.04. The molecule has 122 valence electrons. The molecule has 1 aromatic rings. The van der Waals surface area contributed by atoms with Crippen LogP contribution in [0.5, 0.6) is 5.75 Å². The molecule has 1 aliphatic carbocycles. The molecule has 0 spiro atoms. The Hall–Kier alpha value is -1.51. The maximum Gasteiger partial charge on any atom is 0.309 e. The Balaban J connectivity index is 1.70. The first-order chi connectivity index (χ1) is 10.7. The van der Waals surface area contributed by atoms with Crippen LogP contribution < -0.4 is 4.74 Å². The van der Waals surface area contributed by atoms with Crippen molar-refractivity contribution in [2.75, 3.05) is 7.11 Å². The quantitative estimate of drug-likeness (QED) is 0.699. The fourth-order valence-electron chi connectivity index (χ4n) is 3.56. The molecular formula is C19H28O3. The van der Waals surface area contributed by atoms with Crippen LogP contribution in [0, 0.1) is 5.41 Å². The number of carboxylic acids is 1. The molecule has 0 bridgehead atoms. The molecule has 0 amide bonds. The number of carboxylic acid groups (broad SMARTS) is 1. The van der Waals surface area contributed by atoms with Gasteiger partial charge in [-0.1, -0.05) is 44.2 Å². The van der Waals surface area contributed by atoms with E-state index in [0.717, 1.165) is 63.5 Å². The summed E-state index contributed by atoms with van der Waals surface area (Å²) >= 11 is 0. The Morgan fingerprint density at radius 3 is 2.36 bits per heavy atom. The molecular weight excluding hydrogens is 276 g/mol. The molecule has 22 heavy (non-hydrogen) atoms. The number of hydrogen-bond donors (Lipinski definition) is 1. The first-order valence-corrected chi connectivity index (χ1v) is 8.53. The van der Waals surface area contributed by atoms with Crippen LogP contribution in [-0.4, -0.2) is 18.2 Å².